The highest BCUT2D eigenvalue weighted by Crippen LogP contribution is 2.18. The summed E-state index contributed by atoms with van der Waals surface area (Å²) in [4.78, 5) is 13.5. The minimum Gasteiger partial charge on any atom is -0.498 e. The summed E-state index contributed by atoms with van der Waals surface area (Å²) in [6.45, 7) is 2.74. The topological polar surface area (TPSA) is 71.9 Å². The van der Waals surface area contributed by atoms with Gasteiger partial charge in [-0.05, 0) is 25.3 Å². The van der Waals surface area contributed by atoms with E-state index >= 15 is 0 Å². The molecule has 0 aromatic heterocycles. The van der Waals surface area contributed by atoms with Crippen LogP contribution < -0.4 is 0 Å². The van der Waals surface area contributed by atoms with E-state index in [0.717, 1.165) is 24.8 Å². The van der Waals surface area contributed by atoms with Crippen molar-refractivity contribution in [2.24, 2.45) is 5.92 Å². The predicted octanol–water partition coefficient (Wildman–Crippen LogP) is 1.94. The van der Waals surface area contributed by atoms with Gasteiger partial charge in [-0.25, -0.2) is 4.79 Å². The Bertz CT molecular complexity index is 333. The van der Waals surface area contributed by atoms with Gasteiger partial charge in [0.05, 0.1) is 19.0 Å². The van der Waals surface area contributed by atoms with Crippen molar-refractivity contribution >= 4 is 12.2 Å². The Labute approximate surface area is 101 Å². The van der Waals surface area contributed by atoms with Gasteiger partial charge in [-0.1, -0.05) is 6.92 Å². The highest BCUT2D eigenvalue weighted by molar-refractivity contribution is 6.20. The van der Waals surface area contributed by atoms with Crippen LogP contribution in [0, 0.1) is 5.92 Å². The molecule has 0 bridgehead atoms. The molecule has 0 aliphatic heterocycles. The number of esters is 1. The highest BCUT2D eigenvalue weighted by Gasteiger charge is 2.10. The fourth-order valence-electron chi connectivity index (χ4n) is 1.55. The number of rotatable bonds is 6. The van der Waals surface area contributed by atoms with Crippen LogP contribution in [-0.2, 0) is 14.3 Å². The molecule has 0 radical (unpaired) electrons. The number of allylic oxidation sites excluding steroid dienone is 2. The standard InChI is InChI=1S/C12H18N2O3/c1-10(9-17-12(15)7-14-13)8-16-11-5-3-2-4-6-11/h5,7,10H,2-4,6,8-9H2,1H3/t10-/m0/s1. The van der Waals surface area contributed by atoms with E-state index in [2.05, 4.69) is 10.9 Å². The summed E-state index contributed by atoms with van der Waals surface area (Å²) in [6, 6.07) is 0. The van der Waals surface area contributed by atoms with E-state index in [1.807, 2.05) is 6.92 Å². The summed E-state index contributed by atoms with van der Waals surface area (Å²) in [5.41, 5.74) is 8.11. The molecule has 0 amide bonds. The van der Waals surface area contributed by atoms with Crippen molar-refractivity contribution in [3.8, 4) is 0 Å². The summed E-state index contributed by atoms with van der Waals surface area (Å²) in [5.74, 6) is 0.524. The lowest BCUT2D eigenvalue weighted by atomic mass is 10.1. The molecule has 0 aromatic rings. The van der Waals surface area contributed by atoms with E-state index in [-0.39, 0.29) is 12.5 Å². The third kappa shape index (κ3) is 5.88. The number of hydrogen-bond donors (Lipinski definition) is 0. The van der Waals surface area contributed by atoms with E-state index in [1.54, 1.807) is 0 Å². The second-order valence-corrected chi connectivity index (χ2v) is 4.21. The summed E-state index contributed by atoms with van der Waals surface area (Å²) < 4.78 is 10.5. The number of carbonyl (C=O) groups is 1. The summed E-state index contributed by atoms with van der Waals surface area (Å²) in [6.07, 6.45) is 7.37. The van der Waals surface area contributed by atoms with E-state index in [1.165, 1.54) is 12.8 Å². The number of carbonyl (C=O) groups excluding carboxylic acids is 1. The van der Waals surface area contributed by atoms with Crippen LogP contribution in [-0.4, -0.2) is 30.2 Å². The van der Waals surface area contributed by atoms with Gasteiger partial charge in [0.15, 0.2) is 0 Å². The van der Waals surface area contributed by atoms with E-state index in [9.17, 15) is 4.79 Å². The maximum absolute atomic E-state index is 10.9. The molecule has 17 heavy (non-hydrogen) atoms. The van der Waals surface area contributed by atoms with Gasteiger partial charge in [0.2, 0.25) is 0 Å². The smallest absolute Gasteiger partial charge is 0.413 e. The van der Waals surface area contributed by atoms with Crippen molar-refractivity contribution < 1.29 is 19.1 Å². The van der Waals surface area contributed by atoms with Gasteiger partial charge in [0.25, 0.3) is 0 Å². The molecule has 0 N–H and O–H groups in total. The van der Waals surface area contributed by atoms with Crippen LogP contribution in [0.2, 0.25) is 0 Å². The summed E-state index contributed by atoms with van der Waals surface area (Å²) in [5, 5.41) is 0. The molecule has 0 aromatic carbocycles. The van der Waals surface area contributed by atoms with Crippen molar-refractivity contribution in [2.75, 3.05) is 13.2 Å². The average molecular weight is 238 g/mol. The first kappa shape index (κ1) is 13.5. The van der Waals surface area contributed by atoms with Crippen LogP contribution in [0.4, 0.5) is 0 Å². The SMILES string of the molecule is C[C@H](COC(=O)C=[N+]=[N-])COC1=CCCCC1. The average Bonchev–Trinajstić information content (AvgIpc) is 2.35. The van der Waals surface area contributed by atoms with Gasteiger partial charge in [-0.2, -0.15) is 4.79 Å². The monoisotopic (exact) mass is 238 g/mol. The first-order valence-corrected chi connectivity index (χ1v) is 5.88. The Morgan fingerprint density at radius 2 is 2.41 bits per heavy atom. The van der Waals surface area contributed by atoms with Gasteiger partial charge < -0.3 is 15.0 Å². The minimum absolute atomic E-state index is 0.119. The molecule has 1 atom stereocenters. The Morgan fingerprint density at radius 3 is 3.06 bits per heavy atom. The highest BCUT2D eigenvalue weighted by atomic mass is 16.5. The molecule has 5 nitrogen and oxygen atoms in total. The summed E-state index contributed by atoms with van der Waals surface area (Å²) >= 11 is 0. The van der Waals surface area contributed by atoms with Crippen molar-refractivity contribution in [2.45, 2.75) is 32.6 Å². The van der Waals surface area contributed by atoms with Crippen molar-refractivity contribution in [3.05, 3.63) is 17.4 Å². The van der Waals surface area contributed by atoms with Gasteiger partial charge in [0, 0.05) is 12.3 Å². The van der Waals surface area contributed by atoms with Crippen LogP contribution in [0.5, 0.6) is 0 Å². The molecule has 0 heterocycles. The normalized spacial score (nSPS) is 16.4. The molecule has 1 aliphatic carbocycles. The second kappa shape index (κ2) is 7.63. The molecule has 0 spiro atoms. The maximum Gasteiger partial charge on any atom is 0.413 e. The molecular formula is C12H18N2O3. The molecule has 94 valence electrons. The van der Waals surface area contributed by atoms with Crippen LogP contribution >= 0.6 is 0 Å². The van der Waals surface area contributed by atoms with Gasteiger partial charge in [-0.15, -0.1) is 0 Å². The Balaban J connectivity index is 2.16. The van der Waals surface area contributed by atoms with Crippen molar-refractivity contribution in [1.29, 1.82) is 0 Å². The fraction of sp³-hybridized carbons (Fsp3) is 0.667. The number of hydrogen-bond acceptors (Lipinski definition) is 3. The van der Waals surface area contributed by atoms with E-state index in [0.29, 0.717) is 6.61 Å². The Hall–Kier alpha value is -1.61. The fourth-order valence-corrected chi connectivity index (χ4v) is 1.55. The third-order valence-electron chi connectivity index (χ3n) is 2.48. The zero-order chi connectivity index (χ0) is 12.5. The molecular weight excluding hydrogens is 220 g/mol. The third-order valence-corrected chi connectivity index (χ3v) is 2.48. The quantitative estimate of drug-likeness (QED) is 0.307. The largest absolute Gasteiger partial charge is 0.498 e. The molecule has 0 fully saturated rings. The lowest BCUT2D eigenvalue weighted by molar-refractivity contribution is -0.140. The van der Waals surface area contributed by atoms with Crippen LogP contribution in [0.1, 0.15) is 32.6 Å². The molecule has 0 saturated carbocycles. The molecule has 0 saturated heterocycles. The lowest BCUT2D eigenvalue weighted by Crippen LogP contribution is -2.17. The van der Waals surface area contributed by atoms with Crippen LogP contribution in [0.25, 0.3) is 5.53 Å². The Kier molecular flexibility index (Phi) is 6.04. The maximum atomic E-state index is 10.9. The van der Waals surface area contributed by atoms with Crippen LogP contribution in [0.15, 0.2) is 11.8 Å². The molecule has 5 heteroatoms. The predicted molar refractivity (Wildman–Crippen MR) is 62.3 cm³/mol. The van der Waals surface area contributed by atoms with Gasteiger partial charge in [-0.3, -0.25) is 0 Å². The van der Waals surface area contributed by atoms with Crippen molar-refractivity contribution in [3.63, 3.8) is 0 Å². The van der Waals surface area contributed by atoms with E-state index in [4.69, 9.17) is 15.0 Å². The zero-order valence-electron chi connectivity index (χ0n) is 10.1. The molecule has 0 unspecified atom stereocenters. The van der Waals surface area contributed by atoms with Crippen molar-refractivity contribution in [1.82, 2.24) is 0 Å². The lowest BCUT2D eigenvalue weighted by Gasteiger charge is -2.17. The van der Waals surface area contributed by atoms with E-state index < -0.39 is 5.97 Å². The molecule has 1 aliphatic rings. The first-order chi connectivity index (χ1) is 8.22. The summed E-state index contributed by atoms with van der Waals surface area (Å²) in [7, 11) is 0. The number of nitrogens with zero attached hydrogens (tertiary/aromatic N) is 2. The first-order valence-electron chi connectivity index (χ1n) is 5.88. The number of ether oxygens (including phenoxy) is 2. The Morgan fingerprint density at radius 1 is 1.59 bits per heavy atom. The second-order valence-electron chi connectivity index (χ2n) is 4.21. The van der Waals surface area contributed by atoms with Gasteiger partial charge >= 0.3 is 12.2 Å². The zero-order valence-corrected chi connectivity index (χ0v) is 10.1. The molecule has 1 rings (SSSR count). The van der Waals surface area contributed by atoms with Gasteiger partial charge in [0.1, 0.15) is 0 Å². The minimum atomic E-state index is -0.642. The van der Waals surface area contributed by atoms with Crippen LogP contribution in [0.3, 0.4) is 0 Å².